The highest BCUT2D eigenvalue weighted by molar-refractivity contribution is 5.63. The van der Waals surface area contributed by atoms with Gasteiger partial charge in [-0.05, 0) is 44.0 Å². The van der Waals surface area contributed by atoms with Crippen LogP contribution >= 0.6 is 0 Å². The molecule has 2 rings (SSSR count). The lowest BCUT2D eigenvalue weighted by molar-refractivity contribution is -0.386. The van der Waals surface area contributed by atoms with E-state index in [4.69, 9.17) is 0 Å². The van der Waals surface area contributed by atoms with Gasteiger partial charge >= 0.3 is 5.69 Å². The normalized spacial score (nSPS) is 19.2. The van der Waals surface area contributed by atoms with Crippen LogP contribution in [-0.2, 0) is 0 Å². The van der Waals surface area contributed by atoms with Crippen molar-refractivity contribution in [2.24, 2.45) is 5.92 Å². The second kappa shape index (κ2) is 5.97. The monoisotopic (exact) mass is 267 g/mol. The molecule has 0 spiro atoms. The van der Waals surface area contributed by atoms with E-state index in [9.17, 15) is 14.5 Å². The van der Waals surface area contributed by atoms with Crippen molar-refractivity contribution in [3.8, 4) is 0 Å². The summed E-state index contributed by atoms with van der Waals surface area (Å²) in [6.07, 6.45) is 2.21. The summed E-state index contributed by atoms with van der Waals surface area (Å²) in [6, 6.07) is 4.22. The number of nitrogens with one attached hydrogen (secondary N) is 1. The average molecular weight is 267 g/mol. The predicted octanol–water partition coefficient (Wildman–Crippen LogP) is 2.17. The largest absolute Gasteiger partial charge is 0.369 e. The zero-order chi connectivity index (χ0) is 13.8. The molecule has 0 radical (unpaired) electrons. The van der Waals surface area contributed by atoms with Crippen molar-refractivity contribution in [2.75, 3.05) is 31.6 Å². The quantitative estimate of drug-likeness (QED) is 0.671. The van der Waals surface area contributed by atoms with Gasteiger partial charge in [-0.25, -0.2) is 0 Å². The van der Waals surface area contributed by atoms with Gasteiger partial charge in [-0.1, -0.05) is 6.07 Å². The number of nitro groups is 1. The third-order valence-corrected chi connectivity index (χ3v) is 3.49. The van der Waals surface area contributed by atoms with Crippen LogP contribution in [0.25, 0.3) is 0 Å². The number of halogens is 1. The average Bonchev–Trinajstić information content (AvgIpc) is 2.39. The molecule has 0 aromatic heterocycles. The van der Waals surface area contributed by atoms with Crippen LogP contribution in [0.1, 0.15) is 12.8 Å². The Morgan fingerprint density at radius 2 is 2.37 bits per heavy atom. The summed E-state index contributed by atoms with van der Waals surface area (Å²) < 4.78 is 13.6. The summed E-state index contributed by atoms with van der Waals surface area (Å²) in [7, 11) is 1.77. The van der Waals surface area contributed by atoms with E-state index in [2.05, 4.69) is 5.32 Å². The number of hydrogen-bond acceptors (Lipinski definition) is 4. The first-order chi connectivity index (χ1) is 9.09. The molecule has 1 heterocycles. The maximum Gasteiger partial charge on any atom is 0.327 e. The van der Waals surface area contributed by atoms with Crippen LogP contribution in [0, 0.1) is 21.8 Å². The highest BCUT2D eigenvalue weighted by Gasteiger charge is 2.24. The third-order valence-electron chi connectivity index (χ3n) is 3.49. The van der Waals surface area contributed by atoms with Crippen LogP contribution in [0.5, 0.6) is 0 Å². The van der Waals surface area contributed by atoms with Gasteiger partial charge in [0.2, 0.25) is 5.82 Å². The fourth-order valence-corrected chi connectivity index (χ4v) is 2.56. The van der Waals surface area contributed by atoms with Crippen molar-refractivity contribution in [3.63, 3.8) is 0 Å². The fraction of sp³-hybridized carbons (Fsp3) is 0.538. The Bertz CT molecular complexity index is 461. The molecule has 1 fully saturated rings. The van der Waals surface area contributed by atoms with E-state index < -0.39 is 16.4 Å². The molecular formula is C13H18FN3O2. The Kier molecular flexibility index (Phi) is 4.31. The minimum Gasteiger partial charge on any atom is -0.369 e. The molecule has 1 aliphatic heterocycles. The summed E-state index contributed by atoms with van der Waals surface area (Å²) in [5.74, 6) is -0.335. The summed E-state index contributed by atoms with van der Waals surface area (Å²) >= 11 is 0. The van der Waals surface area contributed by atoms with E-state index in [0.717, 1.165) is 32.0 Å². The van der Waals surface area contributed by atoms with E-state index in [-0.39, 0.29) is 0 Å². The van der Waals surface area contributed by atoms with Crippen molar-refractivity contribution >= 4 is 11.4 Å². The Hall–Kier alpha value is -1.69. The molecule has 1 unspecified atom stereocenters. The first-order valence-electron chi connectivity index (χ1n) is 6.44. The van der Waals surface area contributed by atoms with Crippen LogP contribution in [0.15, 0.2) is 18.2 Å². The molecule has 0 aliphatic carbocycles. The Balaban J connectivity index is 2.16. The van der Waals surface area contributed by atoms with E-state index in [1.165, 1.54) is 6.07 Å². The summed E-state index contributed by atoms with van der Waals surface area (Å²) in [5.41, 5.74) is -0.0932. The first kappa shape index (κ1) is 13.7. The number of anilines is 1. The van der Waals surface area contributed by atoms with Gasteiger partial charge in [0.15, 0.2) is 0 Å². The second-order valence-electron chi connectivity index (χ2n) is 4.96. The molecule has 1 atom stereocenters. The van der Waals surface area contributed by atoms with Gasteiger partial charge in [0, 0.05) is 13.6 Å². The lowest BCUT2D eigenvalue weighted by Gasteiger charge is -2.28. The molecule has 19 heavy (non-hydrogen) atoms. The smallest absolute Gasteiger partial charge is 0.327 e. The van der Waals surface area contributed by atoms with Crippen molar-refractivity contribution in [2.45, 2.75) is 12.8 Å². The van der Waals surface area contributed by atoms with Crippen LogP contribution in [0.4, 0.5) is 15.8 Å². The maximum absolute atomic E-state index is 13.6. The van der Waals surface area contributed by atoms with Crippen molar-refractivity contribution < 1.29 is 9.31 Å². The second-order valence-corrected chi connectivity index (χ2v) is 4.96. The Labute approximate surface area is 111 Å². The third kappa shape index (κ3) is 3.20. The number of hydrogen-bond donors (Lipinski definition) is 1. The fourth-order valence-electron chi connectivity index (χ4n) is 2.56. The molecular weight excluding hydrogens is 249 g/mol. The minimum atomic E-state index is -0.781. The topological polar surface area (TPSA) is 58.4 Å². The van der Waals surface area contributed by atoms with Gasteiger partial charge in [-0.3, -0.25) is 10.1 Å². The predicted molar refractivity (Wildman–Crippen MR) is 71.9 cm³/mol. The van der Waals surface area contributed by atoms with E-state index in [1.54, 1.807) is 18.0 Å². The number of para-hydroxylation sites is 1. The van der Waals surface area contributed by atoms with Crippen LogP contribution in [0.2, 0.25) is 0 Å². The van der Waals surface area contributed by atoms with Gasteiger partial charge in [-0.2, -0.15) is 4.39 Å². The van der Waals surface area contributed by atoms with E-state index in [1.807, 2.05) is 0 Å². The maximum atomic E-state index is 13.6. The lowest BCUT2D eigenvalue weighted by Crippen LogP contribution is -2.37. The van der Waals surface area contributed by atoms with Crippen molar-refractivity contribution in [1.29, 1.82) is 0 Å². The number of nitro benzene ring substituents is 1. The zero-order valence-electron chi connectivity index (χ0n) is 10.9. The Morgan fingerprint density at radius 3 is 3.00 bits per heavy atom. The molecule has 1 N–H and O–H groups in total. The minimum absolute atomic E-state index is 0.343. The molecule has 0 saturated carbocycles. The summed E-state index contributed by atoms with van der Waals surface area (Å²) in [4.78, 5) is 12.1. The molecule has 0 bridgehead atoms. The van der Waals surface area contributed by atoms with Gasteiger partial charge < -0.3 is 10.2 Å². The van der Waals surface area contributed by atoms with E-state index in [0.29, 0.717) is 18.2 Å². The highest BCUT2D eigenvalue weighted by atomic mass is 19.1. The SMILES string of the molecule is CN(CC1CCCNC1)c1cccc(F)c1[N+](=O)[O-]. The van der Waals surface area contributed by atoms with Gasteiger partial charge in [0.1, 0.15) is 5.69 Å². The molecule has 1 aliphatic rings. The standard InChI is InChI=1S/C13H18FN3O2/c1-16(9-10-4-3-7-15-8-10)12-6-2-5-11(14)13(12)17(18)19/h2,5-6,10,15H,3-4,7-9H2,1H3. The number of rotatable bonds is 4. The van der Waals surface area contributed by atoms with Gasteiger partial charge in [-0.15, -0.1) is 0 Å². The van der Waals surface area contributed by atoms with Crippen molar-refractivity contribution in [3.05, 3.63) is 34.1 Å². The van der Waals surface area contributed by atoms with Crippen molar-refractivity contribution in [1.82, 2.24) is 5.32 Å². The van der Waals surface area contributed by atoms with Gasteiger partial charge in [0.25, 0.3) is 0 Å². The highest BCUT2D eigenvalue weighted by Crippen LogP contribution is 2.30. The van der Waals surface area contributed by atoms with Crippen LogP contribution in [-0.4, -0.2) is 31.6 Å². The number of nitrogens with zero attached hydrogens (tertiary/aromatic N) is 2. The van der Waals surface area contributed by atoms with Gasteiger partial charge in [0.05, 0.1) is 4.92 Å². The molecule has 0 amide bonds. The molecule has 1 saturated heterocycles. The lowest BCUT2D eigenvalue weighted by atomic mass is 9.99. The molecule has 1 aromatic carbocycles. The molecule has 5 nitrogen and oxygen atoms in total. The molecule has 104 valence electrons. The summed E-state index contributed by atoms with van der Waals surface area (Å²) in [6.45, 7) is 2.63. The molecule has 1 aromatic rings. The number of piperidine rings is 1. The zero-order valence-corrected chi connectivity index (χ0v) is 10.9. The first-order valence-corrected chi connectivity index (χ1v) is 6.44. The summed E-state index contributed by atoms with van der Waals surface area (Å²) in [5, 5.41) is 14.3. The molecule has 6 heteroatoms. The van der Waals surface area contributed by atoms with Crippen LogP contribution < -0.4 is 10.2 Å². The number of benzene rings is 1. The van der Waals surface area contributed by atoms with Crippen LogP contribution in [0.3, 0.4) is 0 Å². The Morgan fingerprint density at radius 1 is 1.58 bits per heavy atom. The van der Waals surface area contributed by atoms with E-state index >= 15 is 0 Å².